The Hall–Kier alpha value is -1.88. The average Bonchev–Trinajstić information content (AvgIpc) is 2.59. The van der Waals surface area contributed by atoms with Crippen molar-refractivity contribution < 1.29 is 9.59 Å². The number of piperidine rings is 1. The second-order valence-electron chi connectivity index (χ2n) is 8.82. The van der Waals surface area contributed by atoms with Crippen LogP contribution in [-0.2, 0) is 0 Å². The standard InChI is InChI=1S/C21H33N3O2/c1-15-9-10-24(18(11-15)13-22)20(26)17-8-6-7-16(12-17)19(25)23(5)14-21(2,3)4/h6-8,12,15,18H,9-11,13-14,22H2,1-5H3. The van der Waals surface area contributed by atoms with Gasteiger partial charge in [0.05, 0.1) is 0 Å². The Kier molecular flexibility index (Phi) is 6.45. The van der Waals surface area contributed by atoms with Gasteiger partial charge in [0.1, 0.15) is 0 Å². The zero-order valence-electron chi connectivity index (χ0n) is 16.8. The van der Waals surface area contributed by atoms with E-state index in [0.29, 0.717) is 30.1 Å². The van der Waals surface area contributed by atoms with E-state index in [9.17, 15) is 9.59 Å². The molecule has 1 aromatic rings. The van der Waals surface area contributed by atoms with E-state index in [4.69, 9.17) is 5.73 Å². The molecule has 2 rings (SSSR count). The first-order valence-electron chi connectivity index (χ1n) is 9.49. The first-order valence-corrected chi connectivity index (χ1v) is 9.49. The van der Waals surface area contributed by atoms with Crippen molar-refractivity contribution in [2.45, 2.75) is 46.6 Å². The largest absolute Gasteiger partial charge is 0.341 e. The second kappa shape index (κ2) is 8.21. The van der Waals surface area contributed by atoms with Crippen LogP contribution in [0.2, 0.25) is 0 Å². The zero-order chi connectivity index (χ0) is 19.5. The van der Waals surface area contributed by atoms with Crippen molar-refractivity contribution in [2.24, 2.45) is 17.1 Å². The highest BCUT2D eigenvalue weighted by atomic mass is 16.2. The summed E-state index contributed by atoms with van der Waals surface area (Å²) < 4.78 is 0. The van der Waals surface area contributed by atoms with Gasteiger partial charge in [0, 0.05) is 43.9 Å². The number of hydrogen-bond acceptors (Lipinski definition) is 3. The molecule has 1 heterocycles. The molecule has 0 aromatic heterocycles. The Morgan fingerprint density at radius 3 is 2.54 bits per heavy atom. The maximum Gasteiger partial charge on any atom is 0.254 e. The molecule has 2 amide bonds. The van der Waals surface area contributed by atoms with Crippen molar-refractivity contribution in [3.8, 4) is 0 Å². The van der Waals surface area contributed by atoms with E-state index >= 15 is 0 Å². The van der Waals surface area contributed by atoms with Crippen molar-refractivity contribution in [2.75, 3.05) is 26.7 Å². The van der Waals surface area contributed by atoms with E-state index in [-0.39, 0.29) is 23.3 Å². The number of hydrogen-bond donors (Lipinski definition) is 1. The molecule has 0 spiro atoms. The van der Waals surface area contributed by atoms with Gasteiger partial charge in [0.2, 0.25) is 0 Å². The number of rotatable bonds is 4. The van der Waals surface area contributed by atoms with Crippen LogP contribution < -0.4 is 5.73 Å². The molecule has 0 saturated carbocycles. The van der Waals surface area contributed by atoms with Crippen LogP contribution in [0, 0.1) is 11.3 Å². The van der Waals surface area contributed by atoms with E-state index in [0.717, 1.165) is 19.4 Å². The van der Waals surface area contributed by atoms with Gasteiger partial charge in [-0.25, -0.2) is 0 Å². The summed E-state index contributed by atoms with van der Waals surface area (Å²) in [5, 5.41) is 0. The molecule has 2 unspecified atom stereocenters. The van der Waals surface area contributed by atoms with Gasteiger partial charge in [-0.3, -0.25) is 9.59 Å². The van der Waals surface area contributed by atoms with Gasteiger partial charge in [0.15, 0.2) is 0 Å². The molecule has 0 bridgehead atoms. The van der Waals surface area contributed by atoms with Crippen LogP contribution in [0.1, 0.15) is 61.3 Å². The molecule has 1 aliphatic heterocycles. The molecule has 0 aliphatic carbocycles. The summed E-state index contributed by atoms with van der Waals surface area (Å²) in [7, 11) is 1.80. The molecule has 144 valence electrons. The van der Waals surface area contributed by atoms with Crippen molar-refractivity contribution >= 4 is 11.8 Å². The van der Waals surface area contributed by atoms with Gasteiger partial charge in [-0.1, -0.05) is 33.8 Å². The first kappa shape index (κ1) is 20.4. The van der Waals surface area contributed by atoms with Gasteiger partial charge in [0.25, 0.3) is 11.8 Å². The quantitative estimate of drug-likeness (QED) is 0.899. The molecule has 2 N–H and O–H groups in total. The fourth-order valence-corrected chi connectivity index (χ4v) is 3.70. The lowest BCUT2D eigenvalue weighted by atomic mass is 9.91. The van der Waals surface area contributed by atoms with Crippen molar-refractivity contribution in [3.63, 3.8) is 0 Å². The van der Waals surface area contributed by atoms with E-state index in [1.807, 2.05) is 4.90 Å². The molecular formula is C21H33N3O2. The SMILES string of the molecule is CC1CCN(C(=O)c2cccc(C(=O)N(C)CC(C)(C)C)c2)C(CN)C1. The lowest BCUT2D eigenvalue weighted by Crippen LogP contribution is -2.49. The minimum absolute atomic E-state index is 0.0245. The molecular weight excluding hydrogens is 326 g/mol. The van der Waals surface area contributed by atoms with E-state index in [1.54, 1.807) is 36.2 Å². The molecule has 0 radical (unpaired) electrons. The number of benzene rings is 1. The van der Waals surface area contributed by atoms with Crippen molar-refractivity contribution in [1.29, 1.82) is 0 Å². The number of likely N-dealkylation sites (tertiary alicyclic amines) is 1. The van der Waals surface area contributed by atoms with Crippen LogP contribution in [0.4, 0.5) is 0 Å². The summed E-state index contributed by atoms with van der Waals surface area (Å²) in [6, 6.07) is 7.14. The van der Waals surface area contributed by atoms with Gasteiger partial charge < -0.3 is 15.5 Å². The highest BCUT2D eigenvalue weighted by molar-refractivity contribution is 5.99. The summed E-state index contributed by atoms with van der Waals surface area (Å²) in [6.45, 7) is 10.4. The molecule has 2 atom stereocenters. The Balaban J connectivity index is 2.17. The van der Waals surface area contributed by atoms with Crippen LogP contribution in [-0.4, -0.2) is 54.3 Å². The third kappa shape index (κ3) is 5.07. The Bertz CT molecular complexity index is 651. The normalized spacial score (nSPS) is 20.8. The van der Waals surface area contributed by atoms with Crippen molar-refractivity contribution in [3.05, 3.63) is 35.4 Å². The maximum absolute atomic E-state index is 13.0. The fraction of sp³-hybridized carbons (Fsp3) is 0.619. The molecule has 5 heteroatoms. The van der Waals surface area contributed by atoms with E-state index in [1.165, 1.54) is 0 Å². The highest BCUT2D eigenvalue weighted by Gasteiger charge is 2.30. The van der Waals surface area contributed by atoms with E-state index in [2.05, 4.69) is 27.7 Å². The minimum Gasteiger partial charge on any atom is -0.341 e. The number of amides is 2. The average molecular weight is 360 g/mol. The third-order valence-electron chi connectivity index (χ3n) is 4.93. The topological polar surface area (TPSA) is 66.6 Å². The van der Waals surface area contributed by atoms with Gasteiger partial charge in [-0.15, -0.1) is 0 Å². The van der Waals surface area contributed by atoms with Crippen LogP contribution >= 0.6 is 0 Å². The molecule has 1 saturated heterocycles. The van der Waals surface area contributed by atoms with Gasteiger partial charge in [-0.05, 0) is 42.4 Å². The third-order valence-corrected chi connectivity index (χ3v) is 4.93. The predicted octanol–water partition coefficient (Wildman–Crippen LogP) is 3.00. The summed E-state index contributed by atoms with van der Waals surface area (Å²) in [4.78, 5) is 29.3. The second-order valence-corrected chi connectivity index (χ2v) is 8.82. The molecule has 1 aromatic carbocycles. The van der Waals surface area contributed by atoms with Gasteiger partial charge >= 0.3 is 0 Å². The van der Waals surface area contributed by atoms with Gasteiger partial charge in [-0.2, -0.15) is 0 Å². The fourth-order valence-electron chi connectivity index (χ4n) is 3.70. The lowest BCUT2D eigenvalue weighted by molar-refractivity contribution is 0.0573. The maximum atomic E-state index is 13.0. The number of nitrogens with zero attached hydrogens (tertiary/aromatic N) is 2. The van der Waals surface area contributed by atoms with Crippen LogP contribution in [0.15, 0.2) is 24.3 Å². The van der Waals surface area contributed by atoms with Crippen LogP contribution in [0.25, 0.3) is 0 Å². The first-order chi connectivity index (χ1) is 12.1. The van der Waals surface area contributed by atoms with E-state index < -0.39 is 0 Å². The number of nitrogens with two attached hydrogens (primary N) is 1. The molecule has 1 aliphatic rings. The van der Waals surface area contributed by atoms with Crippen molar-refractivity contribution in [1.82, 2.24) is 9.80 Å². The Morgan fingerprint density at radius 1 is 1.27 bits per heavy atom. The number of carbonyl (C=O) groups is 2. The Labute approximate surface area is 157 Å². The minimum atomic E-state index is -0.0581. The monoisotopic (exact) mass is 359 g/mol. The Morgan fingerprint density at radius 2 is 1.92 bits per heavy atom. The smallest absolute Gasteiger partial charge is 0.254 e. The summed E-state index contributed by atoms with van der Waals surface area (Å²) in [5.74, 6) is 0.504. The lowest BCUT2D eigenvalue weighted by Gasteiger charge is -2.38. The molecule has 26 heavy (non-hydrogen) atoms. The number of carbonyl (C=O) groups excluding carboxylic acids is 2. The summed E-state index contributed by atoms with van der Waals surface area (Å²) in [6.07, 6.45) is 1.93. The van der Waals surface area contributed by atoms with Crippen LogP contribution in [0.5, 0.6) is 0 Å². The summed E-state index contributed by atoms with van der Waals surface area (Å²) >= 11 is 0. The molecule has 5 nitrogen and oxygen atoms in total. The summed E-state index contributed by atoms with van der Waals surface area (Å²) in [5.41, 5.74) is 7.03. The van der Waals surface area contributed by atoms with Crippen LogP contribution in [0.3, 0.4) is 0 Å². The highest BCUT2D eigenvalue weighted by Crippen LogP contribution is 2.24. The predicted molar refractivity (Wildman–Crippen MR) is 105 cm³/mol. The molecule has 1 fully saturated rings. The zero-order valence-corrected chi connectivity index (χ0v) is 16.8.